The Bertz CT molecular complexity index is 330. The molecule has 0 aliphatic carbocycles. The van der Waals surface area contributed by atoms with Gasteiger partial charge in [-0.1, -0.05) is 5.21 Å². The topological polar surface area (TPSA) is 83.2 Å². The minimum atomic E-state index is -0.708. The van der Waals surface area contributed by atoms with Crippen LogP contribution in [-0.2, 0) is 13.1 Å². The Morgan fingerprint density at radius 1 is 1.59 bits per heavy atom. The zero-order valence-corrected chi connectivity index (χ0v) is 11.1. The largest absolute Gasteiger partial charge is 0.394 e. The molecule has 6 nitrogen and oxygen atoms in total. The molecule has 1 rings (SSSR count). The maximum atomic E-state index is 9.92. The molecule has 1 unspecified atom stereocenters. The molecular weight excluding hydrogens is 240 g/mol. The first kappa shape index (κ1) is 14.4. The zero-order valence-electron chi connectivity index (χ0n) is 10.3. The van der Waals surface area contributed by atoms with Gasteiger partial charge in [0.2, 0.25) is 0 Å². The van der Waals surface area contributed by atoms with E-state index in [0.29, 0.717) is 25.4 Å². The molecule has 0 saturated heterocycles. The van der Waals surface area contributed by atoms with Crippen molar-refractivity contribution >= 4 is 11.8 Å². The van der Waals surface area contributed by atoms with Crippen LogP contribution >= 0.6 is 11.8 Å². The zero-order chi connectivity index (χ0) is 12.7. The average molecular weight is 260 g/mol. The van der Waals surface area contributed by atoms with Crippen LogP contribution in [0.1, 0.15) is 12.6 Å². The summed E-state index contributed by atoms with van der Waals surface area (Å²) in [6.45, 7) is 3.39. The van der Waals surface area contributed by atoms with Gasteiger partial charge in [0.05, 0.1) is 24.4 Å². The van der Waals surface area contributed by atoms with Gasteiger partial charge in [-0.3, -0.25) is 0 Å². The minimum Gasteiger partial charge on any atom is -0.394 e. The van der Waals surface area contributed by atoms with Crippen LogP contribution in [0.5, 0.6) is 0 Å². The first-order valence-corrected chi connectivity index (χ1v) is 6.89. The first-order chi connectivity index (χ1) is 8.07. The first-order valence-electron chi connectivity index (χ1n) is 5.49. The molecule has 0 bridgehead atoms. The molecule has 0 aliphatic heterocycles. The molecule has 1 aromatic heterocycles. The summed E-state index contributed by atoms with van der Waals surface area (Å²) in [5, 5.41) is 29.6. The molecule has 17 heavy (non-hydrogen) atoms. The Labute approximate surface area is 105 Å². The summed E-state index contributed by atoms with van der Waals surface area (Å²) in [6, 6.07) is 0. The highest BCUT2D eigenvalue weighted by Crippen LogP contribution is 2.09. The number of aliphatic hydroxyl groups is 2. The second kappa shape index (κ2) is 6.95. The maximum absolute atomic E-state index is 9.92. The van der Waals surface area contributed by atoms with Crippen molar-refractivity contribution < 1.29 is 10.2 Å². The summed E-state index contributed by atoms with van der Waals surface area (Å²) in [5.74, 6) is 0.692. The van der Waals surface area contributed by atoms with Crippen LogP contribution in [0.25, 0.3) is 0 Å². The van der Waals surface area contributed by atoms with Gasteiger partial charge in [0, 0.05) is 25.0 Å². The fourth-order valence-corrected chi connectivity index (χ4v) is 2.18. The molecule has 0 saturated carbocycles. The predicted molar refractivity (Wildman–Crippen MR) is 67.8 cm³/mol. The average Bonchev–Trinajstić information content (AvgIpc) is 2.66. The third-order valence-corrected chi connectivity index (χ3v) is 3.09. The molecule has 7 heteroatoms. The molecule has 0 aliphatic rings. The van der Waals surface area contributed by atoms with E-state index in [1.165, 1.54) is 0 Å². The van der Waals surface area contributed by atoms with E-state index in [9.17, 15) is 5.11 Å². The number of aromatic nitrogens is 3. The van der Waals surface area contributed by atoms with Gasteiger partial charge in [-0.2, -0.15) is 11.8 Å². The van der Waals surface area contributed by atoms with Crippen LogP contribution in [0, 0.1) is 0 Å². The molecule has 1 heterocycles. The van der Waals surface area contributed by atoms with Crippen molar-refractivity contribution in [2.24, 2.45) is 0 Å². The molecule has 0 spiro atoms. The lowest BCUT2D eigenvalue weighted by Gasteiger charge is -2.22. The number of aliphatic hydroxyl groups excluding tert-OH is 1. The standard InChI is InChI=1S/C10H20N4O2S/c1-10(16,8-17-2)7-11-5-9-6-14(3-4-15)13-12-9/h6,11,15-16H,3-5,7-8H2,1-2H3. The maximum Gasteiger partial charge on any atom is 0.0964 e. The van der Waals surface area contributed by atoms with Crippen LogP contribution in [-0.4, -0.2) is 56.0 Å². The molecule has 0 radical (unpaired) electrons. The summed E-state index contributed by atoms with van der Waals surface area (Å²) in [4.78, 5) is 0. The van der Waals surface area contributed by atoms with E-state index in [2.05, 4.69) is 15.6 Å². The van der Waals surface area contributed by atoms with E-state index in [0.717, 1.165) is 5.69 Å². The molecule has 98 valence electrons. The van der Waals surface area contributed by atoms with Crippen molar-refractivity contribution in [2.45, 2.75) is 25.6 Å². The lowest BCUT2D eigenvalue weighted by Crippen LogP contribution is -2.39. The third kappa shape index (κ3) is 5.49. The molecule has 1 atom stereocenters. The minimum absolute atomic E-state index is 0.0542. The Balaban J connectivity index is 2.30. The number of nitrogens with zero attached hydrogens (tertiary/aromatic N) is 3. The van der Waals surface area contributed by atoms with Crippen LogP contribution in [0.4, 0.5) is 0 Å². The van der Waals surface area contributed by atoms with Gasteiger partial charge in [0.1, 0.15) is 0 Å². The van der Waals surface area contributed by atoms with Crippen molar-refractivity contribution in [3.05, 3.63) is 11.9 Å². The Morgan fingerprint density at radius 2 is 2.35 bits per heavy atom. The lowest BCUT2D eigenvalue weighted by atomic mass is 10.1. The van der Waals surface area contributed by atoms with E-state index >= 15 is 0 Å². The monoisotopic (exact) mass is 260 g/mol. The van der Waals surface area contributed by atoms with Crippen molar-refractivity contribution in [3.63, 3.8) is 0 Å². The summed E-state index contributed by atoms with van der Waals surface area (Å²) in [7, 11) is 0. The Hall–Kier alpha value is -0.630. The molecule has 0 aromatic carbocycles. The lowest BCUT2D eigenvalue weighted by molar-refractivity contribution is 0.0845. The van der Waals surface area contributed by atoms with Crippen molar-refractivity contribution in [3.8, 4) is 0 Å². The number of nitrogens with one attached hydrogen (secondary N) is 1. The number of rotatable bonds is 8. The molecule has 0 amide bonds. The highest BCUT2D eigenvalue weighted by molar-refractivity contribution is 7.98. The van der Waals surface area contributed by atoms with Gasteiger partial charge in [-0.25, -0.2) is 4.68 Å². The van der Waals surface area contributed by atoms with Gasteiger partial charge < -0.3 is 15.5 Å². The predicted octanol–water partition coefficient (Wildman–Crippen LogP) is -0.526. The van der Waals surface area contributed by atoms with E-state index in [1.54, 1.807) is 29.6 Å². The Morgan fingerprint density at radius 3 is 3.00 bits per heavy atom. The van der Waals surface area contributed by atoms with Gasteiger partial charge in [0.25, 0.3) is 0 Å². The van der Waals surface area contributed by atoms with Crippen LogP contribution in [0.3, 0.4) is 0 Å². The normalized spacial score (nSPS) is 14.8. The smallest absolute Gasteiger partial charge is 0.0964 e. The Kier molecular flexibility index (Phi) is 5.90. The summed E-state index contributed by atoms with van der Waals surface area (Å²) < 4.78 is 1.59. The highest BCUT2D eigenvalue weighted by atomic mass is 32.2. The molecular formula is C10H20N4O2S. The number of hydrogen-bond acceptors (Lipinski definition) is 6. The van der Waals surface area contributed by atoms with E-state index in [4.69, 9.17) is 5.11 Å². The van der Waals surface area contributed by atoms with Crippen LogP contribution < -0.4 is 5.32 Å². The number of hydrogen-bond donors (Lipinski definition) is 3. The third-order valence-electron chi connectivity index (χ3n) is 2.18. The van der Waals surface area contributed by atoms with Gasteiger partial charge in [0.15, 0.2) is 0 Å². The fourth-order valence-electron chi connectivity index (χ4n) is 1.45. The molecule has 1 aromatic rings. The molecule has 0 fully saturated rings. The summed E-state index contributed by atoms with van der Waals surface area (Å²) in [5.41, 5.74) is 0.0962. The highest BCUT2D eigenvalue weighted by Gasteiger charge is 2.18. The second-order valence-corrected chi connectivity index (χ2v) is 5.10. The number of thioether (sulfide) groups is 1. The van der Waals surface area contributed by atoms with Gasteiger partial charge in [-0.15, -0.1) is 5.10 Å². The quantitative estimate of drug-likeness (QED) is 0.583. The van der Waals surface area contributed by atoms with Crippen molar-refractivity contribution in [1.29, 1.82) is 0 Å². The summed E-state index contributed by atoms with van der Waals surface area (Å²) in [6.07, 6.45) is 3.75. The van der Waals surface area contributed by atoms with Crippen molar-refractivity contribution in [2.75, 3.05) is 25.2 Å². The summed E-state index contributed by atoms with van der Waals surface area (Å²) >= 11 is 1.62. The van der Waals surface area contributed by atoms with Crippen LogP contribution in [0.2, 0.25) is 0 Å². The van der Waals surface area contributed by atoms with Gasteiger partial charge in [-0.05, 0) is 13.2 Å². The van der Waals surface area contributed by atoms with Gasteiger partial charge >= 0.3 is 0 Å². The second-order valence-electron chi connectivity index (χ2n) is 4.23. The van der Waals surface area contributed by atoms with E-state index < -0.39 is 5.60 Å². The molecule has 3 N–H and O–H groups in total. The SMILES string of the molecule is CSCC(C)(O)CNCc1cn(CCO)nn1. The van der Waals surface area contributed by atoms with E-state index in [1.807, 2.05) is 6.26 Å². The fraction of sp³-hybridized carbons (Fsp3) is 0.800. The van der Waals surface area contributed by atoms with Crippen LogP contribution in [0.15, 0.2) is 6.20 Å². The van der Waals surface area contributed by atoms with E-state index in [-0.39, 0.29) is 6.61 Å². The van der Waals surface area contributed by atoms with Crippen molar-refractivity contribution in [1.82, 2.24) is 20.3 Å².